The number of rotatable bonds is 4. The average Bonchev–Trinajstić information content (AvgIpc) is 3.01. The van der Waals surface area contributed by atoms with Crippen LogP contribution in [-0.4, -0.2) is 29.2 Å². The van der Waals surface area contributed by atoms with Gasteiger partial charge in [0.2, 0.25) is 11.8 Å². The summed E-state index contributed by atoms with van der Waals surface area (Å²) in [5.41, 5.74) is 6.32. The van der Waals surface area contributed by atoms with Crippen molar-refractivity contribution < 1.29 is 14.4 Å². The van der Waals surface area contributed by atoms with Crippen molar-refractivity contribution in [3.05, 3.63) is 69.3 Å². The molecule has 1 atom stereocenters. The molecule has 3 amide bonds. The van der Waals surface area contributed by atoms with E-state index in [1.807, 2.05) is 36.4 Å². The summed E-state index contributed by atoms with van der Waals surface area (Å²) in [7, 11) is 0. The summed E-state index contributed by atoms with van der Waals surface area (Å²) in [5.74, 6) is -1.27. The first-order valence-electron chi connectivity index (χ1n) is 8.20. The van der Waals surface area contributed by atoms with Crippen molar-refractivity contribution in [3.8, 4) is 0 Å². The van der Waals surface area contributed by atoms with Crippen LogP contribution in [0, 0.1) is 9.49 Å². The van der Waals surface area contributed by atoms with Gasteiger partial charge in [0.1, 0.15) is 0 Å². The highest BCUT2D eigenvalue weighted by molar-refractivity contribution is 14.1. The molecule has 0 radical (unpaired) electrons. The minimum Gasteiger partial charge on any atom is -0.338 e. The topological polar surface area (TPSA) is 78.5 Å². The van der Waals surface area contributed by atoms with E-state index in [0.29, 0.717) is 18.7 Å². The van der Waals surface area contributed by atoms with Crippen molar-refractivity contribution in [1.82, 2.24) is 15.8 Å². The third-order valence-corrected chi connectivity index (χ3v) is 4.86. The number of carbonyl (C=O) groups excluding carboxylic acids is 3. The molecule has 6 nitrogen and oxygen atoms in total. The first-order valence-corrected chi connectivity index (χ1v) is 9.28. The minimum absolute atomic E-state index is 0.0575. The van der Waals surface area contributed by atoms with Gasteiger partial charge in [0, 0.05) is 28.6 Å². The number of amides is 3. The van der Waals surface area contributed by atoms with Gasteiger partial charge in [0.15, 0.2) is 0 Å². The van der Waals surface area contributed by atoms with Crippen LogP contribution in [0.25, 0.3) is 0 Å². The van der Waals surface area contributed by atoms with Crippen LogP contribution in [0.15, 0.2) is 54.6 Å². The lowest BCUT2D eigenvalue weighted by molar-refractivity contribution is -0.129. The Morgan fingerprint density at radius 3 is 2.58 bits per heavy atom. The number of carbonyl (C=O) groups is 3. The highest BCUT2D eigenvalue weighted by Crippen LogP contribution is 2.20. The predicted molar refractivity (Wildman–Crippen MR) is 105 cm³/mol. The predicted octanol–water partition coefficient (Wildman–Crippen LogP) is 2.10. The standard InChI is InChI=1S/C19H18IN3O3/c20-16-8-4-7-14(9-16)18(25)21-22-19(26)15-10-17(24)23(12-15)11-13-5-2-1-3-6-13/h1-9,15H,10-12H2,(H,21,25)(H,22,26). The molecule has 1 aliphatic rings. The lowest BCUT2D eigenvalue weighted by atomic mass is 10.1. The number of benzene rings is 2. The van der Waals surface area contributed by atoms with Crippen molar-refractivity contribution in [3.63, 3.8) is 0 Å². The number of nitrogens with zero attached hydrogens (tertiary/aromatic N) is 1. The van der Waals surface area contributed by atoms with Crippen molar-refractivity contribution in [2.75, 3.05) is 6.54 Å². The molecule has 2 N–H and O–H groups in total. The zero-order valence-corrected chi connectivity index (χ0v) is 16.1. The van der Waals surface area contributed by atoms with Crippen LogP contribution in [0.5, 0.6) is 0 Å². The van der Waals surface area contributed by atoms with Crippen LogP contribution in [-0.2, 0) is 16.1 Å². The summed E-state index contributed by atoms with van der Waals surface area (Å²) in [6, 6.07) is 16.7. The maximum atomic E-state index is 12.3. The molecule has 2 aromatic carbocycles. The van der Waals surface area contributed by atoms with E-state index in [2.05, 4.69) is 33.4 Å². The average molecular weight is 463 g/mol. The van der Waals surface area contributed by atoms with Crippen molar-refractivity contribution in [2.24, 2.45) is 5.92 Å². The van der Waals surface area contributed by atoms with Gasteiger partial charge in [-0.1, -0.05) is 36.4 Å². The lowest BCUT2D eigenvalue weighted by Crippen LogP contribution is -2.45. The first-order chi connectivity index (χ1) is 12.5. The van der Waals surface area contributed by atoms with E-state index in [1.54, 1.807) is 23.1 Å². The molecule has 1 aliphatic heterocycles. The van der Waals surface area contributed by atoms with Gasteiger partial charge >= 0.3 is 0 Å². The minimum atomic E-state index is -0.470. The molecule has 2 aromatic rings. The summed E-state index contributed by atoms with van der Waals surface area (Å²) >= 11 is 2.11. The van der Waals surface area contributed by atoms with Gasteiger partial charge < -0.3 is 4.90 Å². The zero-order valence-electron chi connectivity index (χ0n) is 13.9. The highest BCUT2D eigenvalue weighted by atomic mass is 127. The zero-order chi connectivity index (χ0) is 18.5. The number of likely N-dealkylation sites (tertiary alicyclic amines) is 1. The number of halogens is 1. The quantitative estimate of drug-likeness (QED) is 0.539. The molecule has 0 saturated carbocycles. The van der Waals surface area contributed by atoms with E-state index in [4.69, 9.17) is 0 Å². The van der Waals surface area contributed by atoms with Gasteiger partial charge in [-0.05, 0) is 46.4 Å². The third-order valence-electron chi connectivity index (χ3n) is 4.19. The van der Waals surface area contributed by atoms with Crippen molar-refractivity contribution >= 4 is 40.3 Å². The van der Waals surface area contributed by atoms with Gasteiger partial charge in [-0.25, -0.2) is 0 Å². The summed E-state index contributed by atoms with van der Waals surface area (Å²) in [6.07, 6.45) is 0.151. The van der Waals surface area contributed by atoms with Crippen LogP contribution in [0.1, 0.15) is 22.3 Å². The van der Waals surface area contributed by atoms with E-state index in [0.717, 1.165) is 9.13 Å². The van der Waals surface area contributed by atoms with Gasteiger partial charge in [-0.3, -0.25) is 25.2 Å². The smallest absolute Gasteiger partial charge is 0.269 e. The highest BCUT2D eigenvalue weighted by Gasteiger charge is 2.34. The molecule has 134 valence electrons. The normalized spacial score (nSPS) is 16.4. The number of hydrazine groups is 1. The first kappa shape index (κ1) is 18.4. The maximum absolute atomic E-state index is 12.3. The lowest BCUT2D eigenvalue weighted by Gasteiger charge is -2.16. The Labute approximate surface area is 165 Å². The Hall–Kier alpha value is -2.42. The molecule has 26 heavy (non-hydrogen) atoms. The van der Waals surface area contributed by atoms with Crippen LogP contribution >= 0.6 is 22.6 Å². The Kier molecular flexibility index (Phi) is 5.87. The monoisotopic (exact) mass is 463 g/mol. The molecule has 3 rings (SSSR count). The van der Waals surface area contributed by atoms with E-state index < -0.39 is 5.92 Å². The summed E-state index contributed by atoms with van der Waals surface area (Å²) in [6.45, 7) is 0.830. The molecule has 0 spiro atoms. The van der Waals surface area contributed by atoms with Crippen LogP contribution in [0.4, 0.5) is 0 Å². The van der Waals surface area contributed by atoms with E-state index >= 15 is 0 Å². The molecular formula is C19H18IN3O3. The summed E-state index contributed by atoms with van der Waals surface area (Å²) in [4.78, 5) is 38.2. The van der Waals surface area contributed by atoms with Crippen molar-refractivity contribution in [2.45, 2.75) is 13.0 Å². The second-order valence-electron chi connectivity index (χ2n) is 6.11. The van der Waals surface area contributed by atoms with Crippen molar-refractivity contribution in [1.29, 1.82) is 0 Å². The fourth-order valence-corrected chi connectivity index (χ4v) is 3.37. The second-order valence-corrected chi connectivity index (χ2v) is 7.36. The van der Waals surface area contributed by atoms with E-state index in [-0.39, 0.29) is 24.1 Å². The van der Waals surface area contributed by atoms with Crippen LogP contribution < -0.4 is 10.9 Å². The molecule has 0 aromatic heterocycles. The van der Waals surface area contributed by atoms with E-state index in [9.17, 15) is 14.4 Å². The molecule has 7 heteroatoms. The Balaban J connectivity index is 1.52. The number of nitrogens with one attached hydrogen (secondary N) is 2. The Bertz CT molecular complexity index is 826. The summed E-state index contributed by atoms with van der Waals surface area (Å²) < 4.78 is 0.930. The van der Waals surface area contributed by atoms with Gasteiger partial charge in [-0.15, -0.1) is 0 Å². The fraction of sp³-hybridized carbons (Fsp3) is 0.211. The second kappa shape index (κ2) is 8.31. The number of hydrogen-bond donors (Lipinski definition) is 2. The number of hydrogen-bond acceptors (Lipinski definition) is 3. The summed E-state index contributed by atoms with van der Waals surface area (Å²) in [5, 5.41) is 0. The molecule has 0 bridgehead atoms. The molecular weight excluding hydrogens is 445 g/mol. The van der Waals surface area contributed by atoms with Gasteiger partial charge in [0.25, 0.3) is 5.91 Å². The van der Waals surface area contributed by atoms with Crippen LogP contribution in [0.2, 0.25) is 0 Å². The maximum Gasteiger partial charge on any atom is 0.269 e. The fourth-order valence-electron chi connectivity index (χ4n) is 2.83. The largest absolute Gasteiger partial charge is 0.338 e. The third kappa shape index (κ3) is 4.60. The molecule has 1 saturated heterocycles. The molecule has 0 aliphatic carbocycles. The molecule has 1 heterocycles. The van der Waals surface area contributed by atoms with Crippen LogP contribution in [0.3, 0.4) is 0 Å². The Morgan fingerprint density at radius 2 is 1.85 bits per heavy atom. The van der Waals surface area contributed by atoms with Gasteiger partial charge in [-0.2, -0.15) is 0 Å². The Morgan fingerprint density at radius 1 is 1.08 bits per heavy atom. The van der Waals surface area contributed by atoms with E-state index in [1.165, 1.54) is 0 Å². The molecule has 1 fully saturated rings. The SMILES string of the molecule is O=C(NNC(=O)C1CC(=O)N(Cc2ccccc2)C1)c1cccc(I)c1. The molecule has 1 unspecified atom stereocenters. The van der Waals surface area contributed by atoms with Gasteiger partial charge in [0.05, 0.1) is 5.92 Å².